The highest BCUT2D eigenvalue weighted by molar-refractivity contribution is 5.45. The molecule has 1 aliphatic carbocycles. The van der Waals surface area contributed by atoms with Crippen LogP contribution in [0.2, 0.25) is 0 Å². The molecular weight excluding hydrogens is 160 g/mol. The molecule has 2 rings (SSSR count). The number of nitrogens with one attached hydrogen (secondary N) is 1. The van der Waals surface area contributed by atoms with Gasteiger partial charge in [0.1, 0.15) is 0 Å². The van der Waals surface area contributed by atoms with Gasteiger partial charge in [0.2, 0.25) is 0 Å². The Morgan fingerprint density at radius 1 is 1.38 bits per heavy atom. The third-order valence-corrected chi connectivity index (χ3v) is 2.87. The molecule has 0 fully saturated rings. The van der Waals surface area contributed by atoms with E-state index in [1.54, 1.807) is 0 Å². The number of anilines is 1. The van der Waals surface area contributed by atoms with Crippen LogP contribution < -0.4 is 11.1 Å². The van der Waals surface area contributed by atoms with Gasteiger partial charge in [-0.05, 0) is 49.6 Å². The van der Waals surface area contributed by atoms with E-state index in [-0.39, 0.29) is 0 Å². The maximum Gasteiger partial charge on any atom is 0.0316 e. The molecule has 0 saturated heterocycles. The first-order valence-corrected chi connectivity index (χ1v) is 4.84. The molecule has 0 amide bonds. The Balaban J connectivity index is 2.26. The van der Waals surface area contributed by atoms with Crippen LogP contribution in [0.3, 0.4) is 0 Å². The van der Waals surface area contributed by atoms with Gasteiger partial charge in [-0.3, -0.25) is 0 Å². The largest absolute Gasteiger partial charge is 0.399 e. The number of fused-ring (bicyclic) bond motifs is 1. The second-order valence-electron chi connectivity index (χ2n) is 3.76. The Labute approximate surface area is 79.1 Å². The van der Waals surface area contributed by atoms with Gasteiger partial charge in [-0.15, -0.1) is 0 Å². The molecule has 0 bridgehead atoms. The highest BCUT2D eigenvalue weighted by Gasteiger charge is 2.16. The van der Waals surface area contributed by atoms with E-state index in [9.17, 15) is 0 Å². The number of likely N-dealkylation sites (N-methyl/N-ethyl adjacent to an activating group) is 1. The summed E-state index contributed by atoms with van der Waals surface area (Å²) < 4.78 is 0. The highest BCUT2D eigenvalue weighted by Crippen LogP contribution is 2.23. The van der Waals surface area contributed by atoms with E-state index in [4.69, 9.17) is 5.73 Å². The summed E-state index contributed by atoms with van der Waals surface area (Å²) in [5, 5.41) is 3.33. The van der Waals surface area contributed by atoms with Crippen molar-refractivity contribution >= 4 is 5.69 Å². The first-order valence-electron chi connectivity index (χ1n) is 4.84. The van der Waals surface area contributed by atoms with Crippen LogP contribution in [0.1, 0.15) is 17.5 Å². The zero-order chi connectivity index (χ0) is 9.26. The van der Waals surface area contributed by atoms with Crippen LogP contribution in [0.5, 0.6) is 0 Å². The number of hydrogen-bond donors (Lipinski definition) is 2. The number of benzene rings is 1. The molecule has 0 radical (unpaired) electrons. The summed E-state index contributed by atoms with van der Waals surface area (Å²) >= 11 is 0. The lowest BCUT2D eigenvalue weighted by Gasteiger charge is -2.24. The quantitative estimate of drug-likeness (QED) is 0.634. The minimum atomic E-state index is 0.649. The number of rotatable bonds is 1. The minimum Gasteiger partial charge on any atom is -0.399 e. The predicted octanol–water partition coefficient (Wildman–Crippen LogP) is 1.35. The first kappa shape index (κ1) is 8.57. The third kappa shape index (κ3) is 1.68. The molecule has 0 heterocycles. The van der Waals surface area contributed by atoms with Gasteiger partial charge in [0.15, 0.2) is 0 Å². The maximum atomic E-state index is 5.73. The van der Waals surface area contributed by atoms with Gasteiger partial charge >= 0.3 is 0 Å². The predicted molar refractivity (Wildman–Crippen MR) is 55.7 cm³/mol. The zero-order valence-corrected chi connectivity index (χ0v) is 8.01. The fraction of sp³-hybridized carbons (Fsp3) is 0.455. The standard InChI is InChI=1S/C11H16N2/c1-13-11-5-3-8-6-10(12)4-2-9(8)7-11/h2,4,6,11,13H,3,5,7,12H2,1H3. The fourth-order valence-corrected chi connectivity index (χ4v) is 2.02. The second-order valence-corrected chi connectivity index (χ2v) is 3.76. The fourth-order valence-electron chi connectivity index (χ4n) is 2.02. The van der Waals surface area contributed by atoms with Crippen molar-refractivity contribution in [2.45, 2.75) is 25.3 Å². The van der Waals surface area contributed by atoms with Gasteiger partial charge in [-0.25, -0.2) is 0 Å². The van der Waals surface area contributed by atoms with Crippen LogP contribution in [0.15, 0.2) is 18.2 Å². The van der Waals surface area contributed by atoms with Crippen molar-refractivity contribution in [3.8, 4) is 0 Å². The average molecular weight is 176 g/mol. The Hall–Kier alpha value is -1.02. The minimum absolute atomic E-state index is 0.649. The van der Waals surface area contributed by atoms with E-state index < -0.39 is 0 Å². The van der Waals surface area contributed by atoms with E-state index in [0.717, 1.165) is 18.5 Å². The molecule has 1 unspecified atom stereocenters. The second kappa shape index (κ2) is 3.38. The lowest BCUT2D eigenvalue weighted by molar-refractivity contribution is 0.496. The van der Waals surface area contributed by atoms with E-state index in [1.165, 1.54) is 17.5 Å². The topological polar surface area (TPSA) is 38.0 Å². The van der Waals surface area contributed by atoms with Crippen molar-refractivity contribution in [2.24, 2.45) is 0 Å². The monoisotopic (exact) mass is 176 g/mol. The molecule has 0 spiro atoms. The van der Waals surface area contributed by atoms with Crippen molar-refractivity contribution in [1.82, 2.24) is 5.32 Å². The van der Waals surface area contributed by atoms with E-state index in [1.807, 2.05) is 13.1 Å². The Kier molecular flexibility index (Phi) is 2.23. The Morgan fingerprint density at radius 3 is 3.00 bits per heavy atom. The molecule has 1 atom stereocenters. The van der Waals surface area contributed by atoms with Gasteiger partial charge in [0, 0.05) is 11.7 Å². The van der Waals surface area contributed by atoms with Crippen LogP contribution in [0.25, 0.3) is 0 Å². The van der Waals surface area contributed by atoms with Crippen molar-refractivity contribution in [2.75, 3.05) is 12.8 Å². The van der Waals surface area contributed by atoms with E-state index in [0.29, 0.717) is 6.04 Å². The van der Waals surface area contributed by atoms with Crippen molar-refractivity contribution in [3.05, 3.63) is 29.3 Å². The molecule has 0 saturated carbocycles. The van der Waals surface area contributed by atoms with E-state index in [2.05, 4.69) is 17.4 Å². The number of aryl methyl sites for hydroxylation is 1. The van der Waals surface area contributed by atoms with Crippen LogP contribution in [-0.4, -0.2) is 13.1 Å². The van der Waals surface area contributed by atoms with Crippen molar-refractivity contribution < 1.29 is 0 Å². The summed E-state index contributed by atoms with van der Waals surface area (Å²) in [7, 11) is 2.03. The molecular formula is C11H16N2. The van der Waals surface area contributed by atoms with Gasteiger partial charge in [0.25, 0.3) is 0 Å². The molecule has 2 heteroatoms. The average Bonchev–Trinajstić information content (AvgIpc) is 2.17. The normalized spacial score (nSPS) is 21.2. The lowest BCUT2D eigenvalue weighted by atomic mass is 9.88. The Bertz CT molecular complexity index is 307. The van der Waals surface area contributed by atoms with Crippen LogP contribution in [0.4, 0.5) is 5.69 Å². The van der Waals surface area contributed by atoms with Crippen molar-refractivity contribution in [3.63, 3.8) is 0 Å². The summed E-state index contributed by atoms with van der Waals surface area (Å²) in [5.41, 5.74) is 9.52. The molecule has 1 aromatic carbocycles. The first-order chi connectivity index (χ1) is 6.29. The molecule has 1 aromatic rings. The summed E-state index contributed by atoms with van der Waals surface area (Å²) in [6.07, 6.45) is 3.53. The zero-order valence-electron chi connectivity index (χ0n) is 8.01. The SMILES string of the molecule is CNC1CCc2cc(N)ccc2C1. The Morgan fingerprint density at radius 2 is 2.23 bits per heavy atom. The van der Waals surface area contributed by atoms with Crippen LogP contribution in [0, 0.1) is 0 Å². The van der Waals surface area contributed by atoms with Gasteiger partial charge in [-0.1, -0.05) is 6.07 Å². The smallest absolute Gasteiger partial charge is 0.0316 e. The summed E-state index contributed by atoms with van der Waals surface area (Å²) in [5.74, 6) is 0. The molecule has 0 aromatic heterocycles. The molecule has 70 valence electrons. The summed E-state index contributed by atoms with van der Waals surface area (Å²) in [6, 6.07) is 6.92. The van der Waals surface area contributed by atoms with E-state index >= 15 is 0 Å². The lowest BCUT2D eigenvalue weighted by Crippen LogP contribution is -2.31. The number of nitrogens with two attached hydrogens (primary N) is 1. The van der Waals surface area contributed by atoms with Gasteiger partial charge in [0.05, 0.1) is 0 Å². The number of hydrogen-bond acceptors (Lipinski definition) is 2. The van der Waals surface area contributed by atoms with Crippen molar-refractivity contribution in [1.29, 1.82) is 0 Å². The summed E-state index contributed by atoms with van der Waals surface area (Å²) in [4.78, 5) is 0. The molecule has 3 N–H and O–H groups in total. The highest BCUT2D eigenvalue weighted by atomic mass is 14.9. The molecule has 1 aliphatic rings. The summed E-state index contributed by atoms with van der Waals surface area (Å²) in [6.45, 7) is 0. The molecule has 13 heavy (non-hydrogen) atoms. The number of nitrogen functional groups attached to an aromatic ring is 1. The molecule has 2 nitrogen and oxygen atoms in total. The van der Waals surface area contributed by atoms with Gasteiger partial charge in [-0.2, -0.15) is 0 Å². The third-order valence-electron chi connectivity index (χ3n) is 2.87. The van der Waals surface area contributed by atoms with Gasteiger partial charge < -0.3 is 11.1 Å². The molecule has 0 aliphatic heterocycles. The van der Waals surface area contributed by atoms with Crippen LogP contribution >= 0.6 is 0 Å². The van der Waals surface area contributed by atoms with Crippen LogP contribution in [-0.2, 0) is 12.8 Å². The maximum absolute atomic E-state index is 5.73.